The Hall–Kier alpha value is -1.88. The van der Waals surface area contributed by atoms with E-state index in [1.54, 1.807) is 0 Å². The second-order valence-corrected chi connectivity index (χ2v) is 6.66. The molecule has 126 valence electrons. The lowest BCUT2D eigenvalue weighted by molar-refractivity contribution is -0.127. The first-order valence-electron chi connectivity index (χ1n) is 8.17. The summed E-state index contributed by atoms with van der Waals surface area (Å²) in [6.07, 6.45) is 3.07. The van der Waals surface area contributed by atoms with E-state index in [0.717, 1.165) is 18.4 Å². The molecule has 0 radical (unpaired) electrons. The maximum absolute atomic E-state index is 11.9. The third-order valence-corrected chi connectivity index (χ3v) is 4.44. The van der Waals surface area contributed by atoms with Crippen LogP contribution < -0.4 is 10.6 Å². The number of amides is 2. The molecule has 1 saturated carbocycles. The third kappa shape index (κ3) is 5.36. The highest BCUT2D eigenvalue weighted by Crippen LogP contribution is 2.39. The Morgan fingerprint density at radius 2 is 1.87 bits per heavy atom. The zero-order valence-electron chi connectivity index (χ0n) is 13.9. The average molecular weight is 318 g/mol. The third-order valence-electron chi connectivity index (χ3n) is 4.44. The van der Waals surface area contributed by atoms with Gasteiger partial charge in [0, 0.05) is 6.42 Å². The highest BCUT2D eigenvalue weighted by molar-refractivity contribution is 5.85. The second-order valence-electron chi connectivity index (χ2n) is 6.66. The van der Waals surface area contributed by atoms with Gasteiger partial charge in [0.1, 0.15) is 0 Å². The van der Waals surface area contributed by atoms with Crippen molar-refractivity contribution >= 4 is 11.8 Å². The lowest BCUT2D eigenvalue weighted by Crippen LogP contribution is -2.53. The molecule has 5 heteroatoms. The molecule has 0 spiro atoms. The summed E-state index contributed by atoms with van der Waals surface area (Å²) in [7, 11) is 0. The van der Waals surface area contributed by atoms with Crippen molar-refractivity contribution in [3.8, 4) is 0 Å². The van der Waals surface area contributed by atoms with E-state index < -0.39 is 5.54 Å². The van der Waals surface area contributed by atoms with Crippen molar-refractivity contribution < 1.29 is 14.7 Å². The van der Waals surface area contributed by atoms with Crippen LogP contribution in [0.5, 0.6) is 0 Å². The van der Waals surface area contributed by atoms with E-state index in [9.17, 15) is 14.7 Å². The number of hydrogen-bond donors (Lipinski definition) is 3. The maximum Gasteiger partial charge on any atom is 0.239 e. The number of aliphatic hydroxyl groups excluding tert-OH is 1. The van der Waals surface area contributed by atoms with E-state index in [0.29, 0.717) is 18.8 Å². The van der Waals surface area contributed by atoms with E-state index in [2.05, 4.69) is 10.6 Å². The minimum absolute atomic E-state index is 0.0466. The molecule has 0 aliphatic heterocycles. The Balaban J connectivity index is 1.69. The van der Waals surface area contributed by atoms with Crippen LogP contribution in [0.1, 0.15) is 37.3 Å². The van der Waals surface area contributed by atoms with Crippen LogP contribution in [0.3, 0.4) is 0 Å². The Morgan fingerprint density at radius 1 is 1.22 bits per heavy atom. The molecule has 1 aromatic carbocycles. The first-order chi connectivity index (χ1) is 10.9. The summed E-state index contributed by atoms with van der Waals surface area (Å²) in [5.74, 6) is -0.0522. The molecule has 0 heterocycles. The molecule has 1 aromatic rings. The molecule has 2 rings (SSSR count). The molecule has 2 amide bonds. The number of aliphatic hydroxyl groups is 1. The molecule has 0 aromatic heterocycles. The van der Waals surface area contributed by atoms with Crippen molar-refractivity contribution in [3.63, 3.8) is 0 Å². The molecule has 1 atom stereocenters. The monoisotopic (exact) mass is 318 g/mol. The summed E-state index contributed by atoms with van der Waals surface area (Å²) in [5.41, 5.74) is 1.73. The van der Waals surface area contributed by atoms with E-state index in [1.165, 1.54) is 5.56 Å². The smallest absolute Gasteiger partial charge is 0.239 e. The molecule has 1 aliphatic rings. The van der Waals surface area contributed by atoms with Crippen LogP contribution >= 0.6 is 0 Å². The van der Waals surface area contributed by atoms with Crippen molar-refractivity contribution in [2.45, 2.75) is 45.1 Å². The summed E-state index contributed by atoms with van der Waals surface area (Å²) >= 11 is 0. The van der Waals surface area contributed by atoms with Gasteiger partial charge in [-0.1, -0.05) is 29.8 Å². The summed E-state index contributed by atoms with van der Waals surface area (Å²) in [4.78, 5) is 23.8. The predicted molar refractivity (Wildman–Crippen MR) is 88.9 cm³/mol. The summed E-state index contributed by atoms with van der Waals surface area (Å²) in [5, 5.41) is 14.9. The second kappa shape index (κ2) is 7.59. The number of rotatable bonds is 8. The largest absolute Gasteiger partial charge is 0.394 e. The van der Waals surface area contributed by atoms with E-state index >= 15 is 0 Å². The van der Waals surface area contributed by atoms with Crippen LogP contribution in [0.15, 0.2) is 24.3 Å². The minimum Gasteiger partial charge on any atom is -0.394 e. The van der Waals surface area contributed by atoms with Gasteiger partial charge in [0.15, 0.2) is 0 Å². The highest BCUT2D eigenvalue weighted by atomic mass is 16.3. The zero-order valence-corrected chi connectivity index (χ0v) is 13.9. The van der Waals surface area contributed by atoms with Crippen LogP contribution in [-0.4, -0.2) is 35.6 Å². The Morgan fingerprint density at radius 3 is 2.43 bits per heavy atom. The Kier molecular flexibility index (Phi) is 5.77. The molecule has 3 N–H and O–H groups in total. The van der Waals surface area contributed by atoms with E-state index in [-0.39, 0.29) is 25.0 Å². The molecular weight excluding hydrogens is 292 g/mol. The first kappa shape index (κ1) is 17.5. The van der Waals surface area contributed by atoms with Crippen LogP contribution in [0.4, 0.5) is 0 Å². The normalized spacial score (nSPS) is 16.5. The molecule has 0 bridgehead atoms. The van der Waals surface area contributed by atoms with Gasteiger partial charge in [-0.05, 0) is 44.6 Å². The highest BCUT2D eigenvalue weighted by Gasteiger charge is 2.42. The van der Waals surface area contributed by atoms with Crippen molar-refractivity contribution in [2.75, 3.05) is 13.2 Å². The number of aryl methyl sites for hydroxylation is 2. The molecule has 23 heavy (non-hydrogen) atoms. The van der Waals surface area contributed by atoms with Gasteiger partial charge >= 0.3 is 0 Å². The van der Waals surface area contributed by atoms with E-state index in [4.69, 9.17) is 0 Å². The Labute approximate surface area is 137 Å². The molecule has 1 unspecified atom stereocenters. The molecular formula is C18H26N2O3. The van der Waals surface area contributed by atoms with Crippen molar-refractivity contribution in [1.29, 1.82) is 0 Å². The molecule has 1 fully saturated rings. The molecule has 5 nitrogen and oxygen atoms in total. The maximum atomic E-state index is 11.9. The van der Waals surface area contributed by atoms with Gasteiger partial charge in [0.25, 0.3) is 0 Å². The Bertz CT molecular complexity index is 552. The standard InChI is InChI=1S/C18H26N2O3/c1-13-3-5-14(6-4-13)7-10-16(22)19-11-17(23)20-18(2,12-21)15-8-9-15/h3-6,15,21H,7-12H2,1-2H3,(H,19,22)(H,20,23). The predicted octanol–water partition coefficient (Wildman–Crippen LogP) is 1.32. The number of carbonyl (C=O) groups excluding carboxylic acids is 2. The van der Waals surface area contributed by atoms with Crippen LogP contribution in [0.2, 0.25) is 0 Å². The first-order valence-corrected chi connectivity index (χ1v) is 8.17. The van der Waals surface area contributed by atoms with Gasteiger partial charge in [-0.15, -0.1) is 0 Å². The number of hydrogen-bond acceptors (Lipinski definition) is 3. The SMILES string of the molecule is Cc1ccc(CCC(=O)NCC(=O)NC(C)(CO)C2CC2)cc1. The minimum atomic E-state index is -0.566. The van der Waals surface area contributed by atoms with Crippen LogP contribution in [-0.2, 0) is 16.0 Å². The van der Waals surface area contributed by atoms with Gasteiger partial charge in [0.2, 0.25) is 11.8 Å². The number of benzene rings is 1. The van der Waals surface area contributed by atoms with Gasteiger partial charge in [0.05, 0.1) is 18.7 Å². The summed E-state index contributed by atoms with van der Waals surface area (Å²) in [6, 6.07) is 8.07. The lowest BCUT2D eigenvalue weighted by Gasteiger charge is -2.28. The van der Waals surface area contributed by atoms with Crippen LogP contribution in [0.25, 0.3) is 0 Å². The van der Waals surface area contributed by atoms with Gasteiger partial charge in [-0.3, -0.25) is 9.59 Å². The fourth-order valence-corrected chi connectivity index (χ4v) is 2.63. The average Bonchev–Trinajstić information content (AvgIpc) is 3.37. The fourth-order valence-electron chi connectivity index (χ4n) is 2.63. The lowest BCUT2D eigenvalue weighted by atomic mass is 9.97. The molecule has 1 aliphatic carbocycles. The van der Waals surface area contributed by atoms with E-state index in [1.807, 2.05) is 38.1 Å². The van der Waals surface area contributed by atoms with Crippen molar-refractivity contribution in [3.05, 3.63) is 35.4 Å². The number of nitrogens with one attached hydrogen (secondary N) is 2. The van der Waals surface area contributed by atoms with Gasteiger partial charge in [-0.25, -0.2) is 0 Å². The fraction of sp³-hybridized carbons (Fsp3) is 0.556. The summed E-state index contributed by atoms with van der Waals surface area (Å²) < 4.78 is 0. The van der Waals surface area contributed by atoms with Crippen LogP contribution in [0, 0.1) is 12.8 Å². The van der Waals surface area contributed by atoms with Crippen molar-refractivity contribution in [1.82, 2.24) is 10.6 Å². The van der Waals surface area contributed by atoms with Gasteiger partial charge in [-0.2, -0.15) is 0 Å². The van der Waals surface area contributed by atoms with Crippen molar-refractivity contribution in [2.24, 2.45) is 5.92 Å². The summed E-state index contributed by atoms with van der Waals surface area (Å²) in [6.45, 7) is 3.75. The number of carbonyl (C=O) groups is 2. The van der Waals surface area contributed by atoms with Gasteiger partial charge < -0.3 is 15.7 Å². The quantitative estimate of drug-likeness (QED) is 0.676. The molecule has 0 saturated heterocycles. The topological polar surface area (TPSA) is 78.4 Å². The zero-order chi connectivity index (χ0) is 16.9.